The number of oxime groups is 1. The van der Waals surface area contributed by atoms with Gasteiger partial charge in [-0.15, -0.1) is 0 Å². The topological polar surface area (TPSA) is 56.1 Å². The van der Waals surface area contributed by atoms with Crippen molar-refractivity contribution in [2.45, 2.75) is 25.3 Å². The number of phenolic OH excluding ortho intramolecular Hbond substituents is 1. The third-order valence-corrected chi connectivity index (χ3v) is 4.25. The van der Waals surface area contributed by atoms with E-state index in [9.17, 15) is 10.3 Å². The zero-order valence-electron chi connectivity index (χ0n) is 10.3. The minimum atomic E-state index is 0.149. The maximum atomic E-state index is 9.85. The molecule has 4 heteroatoms. The summed E-state index contributed by atoms with van der Waals surface area (Å²) in [5.74, 6) is 0.758. The summed E-state index contributed by atoms with van der Waals surface area (Å²) < 4.78 is 0. The average Bonchev–Trinajstić information content (AvgIpc) is 2.42. The van der Waals surface area contributed by atoms with Crippen molar-refractivity contribution in [3.8, 4) is 5.75 Å². The third-order valence-electron chi connectivity index (χ3n) is 4.25. The van der Waals surface area contributed by atoms with E-state index in [4.69, 9.17) is 0 Å². The summed E-state index contributed by atoms with van der Waals surface area (Å²) in [6, 6.07) is 7.56. The van der Waals surface area contributed by atoms with Crippen LogP contribution < -0.4 is 0 Å². The summed E-state index contributed by atoms with van der Waals surface area (Å²) in [7, 11) is 0. The normalized spacial score (nSPS) is 32.9. The van der Waals surface area contributed by atoms with E-state index in [1.165, 1.54) is 0 Å². The SMILES string of the molecule is O/N=C1/C2CCN(CC2)[C@H]1Cc1ccccc1O. The van der Waals surface area contributed by atoms with Gasteiger partial charge in [-0.3, -0.25) is 4.90 Å². The zero-order chi connectivity index (χ0) is 12.5. The van der Waals surface area contributed by atoms with Crippen LogP contribution in [0.15, 0.2) is 29.4 Å². The molecule has 4 rings (SSSR count). The second kappa shape index (κ2) is 4.61. The minimum absolute atomic E-state index is 0.149. The van der Waals surface area contributed by atoms with Gasteiger partial charge in [-0.1, -0.05) is 23.4 Å². The van der Waals surface area contributed by atoms with Crippen LogP contribution in [0, 0.1) is 5.92 Å². The van der Waals surface area contributed by atoms with E-state index in [1.807, 2.05) is 18.2 Å². The Morgan fingerprint density at radius 1 is 1.22 bits per heavy atom. The number of hydrogen-bond acceptors (Lipinski definition) is 4. The molecule has 3 fully saturated rings. The Hall–Kier alpha value is -1.55. The lowest BCUT2D eigenvalue weighted by Gasteiger charge is -2.45. The molecule has 0 saturated carbocycles. The standard InChI is InChI=1S/C14H18N2O2/c17-13-4-2-1-3-11(13)9-12-14(15-18)10-5-7-16(12)8-6-10/h1-4,10,12,17-18H,5-9H2/b15-14-/t12-/m0/s1. The maximum Gasteiger partial charge on any atom is 0.118 e. The average molecular weight is 246 g/mol. The van der Waals surface area contributed by atoms with Crippen molar-refractivity contribution in [3.05, 3.63) is 29.8 Å². The Morgan fingerprint density at radius 2 is 1.94 bits per heavy atom. The van der Waals surface area contributed by atoms with Crippen LogP contribution in [0.5, 0.6) is 5.75 Å². The van der Waals surface area contributed by atoms with Gasteiger partial charge in [-0.25, -0.2) is 0 Å². The fourth-order valence-corrected chi connectivity index (χ4v) is 3.24. The lowest BCUT2D eigenvalue weighted by atomic mass is 9.79. The number of piperidine rings is 3. The van der Waals surface area contributed by atoms with Gasteiger partial charge in [0.2, 0.25) is 0 Å². The molecule has 1 aromatic carbocycles. The van der Waals surface area contributed by atoms with Crippen molar-refractivity contribution in [2.24, 2.45) is 11.1 Å². The first kappa shape index (κ1) is 11.5. The zero-order valence-corrected chi connectivity index (χ0v) is 10.3. The number of para-hydroxylation sites is 1. The Bertz CT molecular complexity index is 465. The van der Waals surface area contributed by atoms with Crippen LogP contribution in [0.25, 0.3) is 0 Å². The molecule has 0 aliphatic carbocycles. The summed E-state index contributed by atoms with van der Waals surface area (Å²) >= 11 is 0. The monoisotopic (exact) mass is 246 g/mol. The fraction of sp³-hybridized carbons (Fsp3) is 0.500. The molecule has 2 bridgehead atoms. The Balaban J connectivity index is 1.85. The van der Waals surface area contributed by atoms with E-state index in [0.717, 1.165) is 43.6 Å². The molecule has 0 amide bonds. The summed E-state index contributed by atoms with van der Waals surface area (Å²) in [6.45, 7) is 2.14. The van der Waals surface area contributed by atoms with Crippen LogP contribution in [-0.2, 0) is 6.42 Å². The Morgan fingerprint density at radius 3 is 2.61 bits per heavy atom. The van der Waals surface area contributed by atoms with Gasteiger partial charge in [0, 0.05) is 5.92 Å². The van der Waals surface area contributed by atoms with Gasteiger partial charge < -0.3 is 10.3 Å². The molecule has 0 unspecified atom stereocenters. The van der Waals surface area contributed by atoms with Gasteiger partial charge in [-0.05, 0) is 44.0 Å². The molecule has 1 atom stereocenters. The molecule has 3 aliphatic rings. The van der Waals surface area contributed by atoms with Gasteiger partial charge in [0.05, 0.1) is 11.8 Å². The summed E-state index contributed by atoms with van der Waals surface area (Å²) in [5, 5.41) is 22.6. The van der Waals surface area contributed by atoms with Crippen LogP contribution in [0.2, 0.25) is 0 Å². The number of fused-ring (bicyclic) bond motifs is 3. The number of rotatable bonds is 2. The molecule has 3 saturated heterocycles. The first-order chi connectivity index (χ1) is 8.79. The summed E-state index contributed by atoms with van der Waals surface area (Å²) in [5.41, 5.74) is 1.83. The predicted molar refractivity (Wildman–Crippen MR) is 69.1 cm³/mol. The molecular formula is C14H18N2O2. The highest BCUT2D eigenvalue weighted by Gasteiger charge is 2.39. The van der Waals surface area contributed by atoms with Crippen molar-refractivity contribution >= 4 is 5.71 Å². The number of hydrogen-bond donors (Lipinski definition) is 2. The number of phenols is 1. The second-order valence-electron chi connectivity index (χ2n) is 5.18. The molecule has 3 heterocycles. The molecule has 3 aliphatic heterocycles. The van der Waals surface area contributed by atoms with E-state index in [-0.39, 0.29) is 6.04 Å². The third kappa shape index (κ3) is 1.86. The first-order valence-corrected chi connectivity index (χ1v) is 6.52. The van der Waals surface area contributed by atoms with Gasteiger partial charge in [0.1, 0.15) is 5.75 Å². The van der Waals surface area contributed by atoms with E-state index in [2.05, 4.69) is 10.1 Å². The Kier molecular flexibility index (Phi) is 2.96. The smallest absolute Gasteiger partial charge is 0.118 e. The van der Waals surface area contributed by atoms with Crippen LogP contribution in [0.3, 0.4) is 0 Å². The van der Waals surface area contributed by atoms with Crippen LogP contribution in [0.1, 0.15) is 18.4 Å². The van der Waals surface area contributed by atoms with Crippen molar-refractivity contribution < 1.29 is 10.3 Å². The fourth-order valence-electron chi connectivity index (χ4n) is 3.24. The van der Waals surface area contributed by atoms with Crippen molar-refractivity contribution in [3.63, 3.8) is 0 Å². The molecule has 2 N–H and O–H groups in total. The van der Waals surface area contributed by atoms with E-state index in [0.29, 0.717) is 11.7 Å². The van der Waals surface area contributed by atoms with E-state index in [1.54, 1.807) is 6.07 Å². The van der Waals surface area contributed by atoms with Gasteiger partial charge in [0.15, 0.2) is 0 Å². The van der Waals surface area contributed by atoms with Gasteiger partial charge in [-0.2, -0.15) is 0 Å². The molecule has 4 nitrogen and oxygen atoms in total. The summed E-state index contributed by atoms with van der Waals surface area (Å²) in [6.07, 6.45) is 2.91. The van der Waals surface area contributed by atoms with E-state index >= 15 is 0 Å². The molecular weight excluding hydrogens is 228 g/mol. The molecule has 0 radical (unpaired) electrons. The number of benzene rings is 1. The van der Waals surface area contributed by atoms with Crippen LogP contribution >= 0.6 is 0 Å². The second-order valence-corrected chi connectivity index (χ2v) is 5.18. The van der Waals surface area contributed by atoms with Crippen molar-refractivity contribution in [1.82, 2.24) is 4.90 Å². The maximum absolute atomic E-state index is 9.85. The van der Waals surface area contributed by atoms with E-state index < -0.39 is 0 Å². The Labute approximate surface area is 107 Å². The highest BCUT2D eigenvalue weighted by atomic mass is 16.4. The van der Waals surface area contributed by atoms with Gasteiger partial charge in [0.25, 0.3) is 0 Å². The lowest BCUT2D eigenvalue weighted by Crippen LogP contribution is -2.56. The quantitative estimate of drug-likeness (QED) is 0.618. The molecule has 96 valence electrons. The first-order valence-electron chi connectivity index (χ1n) is 6.52. The molecule has 0 spiro atoms. The van der Waals surface area contributed by atoms with Crippen LogP contribution in [0.4, 0.5) is 0 Å². The largest absolute Gasteiger partial charge is 0.508 e. The van der Waals surface area contributed by atoms with Crippen LogP contribution in [-0.4, -0.2) is 40.1 Å². The number of nitrogens with zero attached hydrogens (tertiary/aromatic N) is 2. The van der Waals surface area contributed by atoms with Gasteiger partial charge >= 0.3 is 0 Å². The highest BCUT2D eigenvalue weighted by molar-refractivity contribution is 5.93. The molecule has 18 heavy (non-hydrogen) atoms. The predicted octanol–water partition coefficient (Wildman–Crippen LogP) is 1.86. The van der Waals surface area contributed by atoms with Crippen molar-refractivity contribution in [2.75, 3.05) is 13.1 Å². The molecule has 0 aromatic heterocycles. The minimum Gasteiger partial charge on any atom is -0.508 e. The van der Waals surface area contributed by atoms with Crippen molar-refractivity contribution in [1.29, 1.82) is 0 Å². The number of aromatic hydroxyl groups is 1. The highest BCUT2D eigenvalue weighted by Crippen LogP contribution is 2.32. The summed E-state index contributed by atoms with van der Waals surface area (Å²) in [4.78, 5) is 2.36. The lowest BCUT2D eigenvalue weighted by molar-refractivity contribution is 0.137. The molecule has 1 aromatic rings.